The van der Waals surface area contributed by atoms with E-state index >= 15 is 0 Å². The second-order valence-corrected chi connectivity index (χ2v) is 4.56. The fourth-order valence-corrected chi connectivity index (χ4v) is 1.71. The number of aromatic hydroxyl groups is 1. The number of alkyl halides is 1. The first-order chi connectivity index (χ1) is 8.06. The molecule has 1 aromatic carbocycles. The number of benzene rings is 1. The van der Waals surface area contributed by atoms with Gasteiger partial charge in [0.25, 0.3) is 5.91 Å². The van der Waals surface area contributed by atoms with E-state index in [-0.39, 0.29) is 17.7 Å². The molecule has 3 nitrogen and oxygen atoms in total. The molecule has 0 unspecified atom stereocenters. The minimum Gasteiger partial charge on any atom is -0.508 e. The number of nitrogens with zero attached hydrogens (tertiary/aromatic N) is 1. The van der Waals surface area contributed by atoms with E-state index in [2.05, 4.69) is 0 Å². The van der Waals surface area contributed by atoms with Crippen molar-refractivity contribution in [1.29, 1.82) is 0 Å². The van der Waals surface area contributed by atoms with Gasteiger partial charge in [-0.05, 0) is 44.5 Å². The van der Waals surface area contributed by atoms with Crippen molar-refractivity contribution < 1.29 is 9.90 Å². The molecule has 1 amide bonds. The molecule has 1 rings (SSSR count). The van der Waals surface area contributed by atoms with Crippen molar-refractivity contribution in [3.63, 3.8) is 0 Å². The molecule has 0 saturated carbocycles. The Hall–Kier alpha value is -1.22. The van der Waals surface area contributed by atoms with Crippen LogP contribution >= 0.6 is 11.6 Å². The molecular formula is C13H18ClNO2. The Labute approximate surface area is 107 Å². The van der Waals surface area contributed by atoms with Crippen molar-refractivity contribution in [1.82, 2.24) is 4.90 Å². The topological polar surface area (TPSA) is 40.5 Å². The smallest absolute Gasteiger partial charge is 0.254 e. The molecular weight excluding hydrogens is 238 g/mol. The highest BCUT2D eigenvalue weighted by atomic mass is 35.5. The summed E-state index contributed by atoms with van der Waals surface area (Å²) in [6.45, 7) is 4.61. The van der Waals surface area contributed by atoms with Crippen LogP contribution in [0, 0.1) is 0 Å². The van der Waals surface area contributed by atoms with E-state index in [4.69, 9.17) is 11.6 Å². The number of hydrogen-bond donors (Lipinski definition) is 1. The zero-order chi connectivity index (χ0) is 12.8. The lowest BCUT2D eigenvalue weighted by Crippen LogP contribution is -2.37. The summed E-state index contributed by atoms with van der Waals surface area (Å²) in [6, 6.07) is 6.45. The molecule has 1 N–H and O–H groups in total. The molecule has 0 aliphatic rings. The van der Waals surface area contributed by atoms with Crippen molar-refractivity contribution in [3.8, 4) is 5.75 Å². The maximum absolute atomic E-state index is 12.2. The summed E-state index contributed by atoms with van der Waals surface area (Å²) >= 11 is 5.65. The number of carbonyl (C=O) groups is 1. The molecule has 0 heterocycles. The first-order valence-electron chi connectivity index (χ1n) is 5.72. The van der Waals surface area contributed by atoms with Crippen molar-refractivity contribution in [2.45, 2.75) is 26.3 Å². The van der Waals surface area contributed by atoms with E-state index in [1.807, 2.05) is 13.8 Å². The number of hydrogen-bond acceptors (Lipinski definition) is 2. The van der Waals surface area contributed by atoms with Crippen LogP contribution in [0.25, 0.3) is 0 Å². The normalized spacial score (nSPS) is 10.6. The fourth-order valence-electron chi connectivity index (χ4n) is 1.59. The van der Waals surface area contributed by atoms with Crippen LogP contribution in [0.2, 0.25) is 0 Å². The Bertz CT molecular complexity index is 362. The molecule has 0 aliphatic carbocycles. The monoisotopic (exact) mass is 255 g/mol. The van der Waals surface area contributed by atoms with E-state index < -0.39 is 0 Å². The lowest BCUT2D eigenvalue weighted by Gasteiger charge is -2.26. The highest BCUT2D eigenvalue weighted by Crippen LogP contribution is 2.13. The number of phenols is 1. The van der Waals surface area contributed by atoms with Gasteiger partial charge in [0, 0.05) is 24.0 Å². The zero-order valence-corrected chi connectivity index (χ0v) is 10.9. The molecule has 1 aromatic rings. The van der Waals surface area contributed by atoms with Crippen LogP contribution in [-0.4, -0.2) is 34.4 Å². The van der Waals surface area contributed by atoms with Crippen molar-refractivity contribution >= 4 is 17.5 Å². The second kappa shape index (κ2) is 6.50. The van der Waals surface area contributed by atoms with Gasteiger partial charge < -0.3 is 10.0 Å². The van der Waals surface area contributed by atoms with Crippen LogP contribution in [0.15, 0.2) is 24.3 Å². The lowest BCUT2D eigenvalue weighted by atomic mass is 10.1. The SMILES string of the molecule is CC(C)N(CCCCl)C(=O)c1ccc(O)cc1. The Morgan fingerprint density at radius 3 is 2.41 bits per heavy atom. The number of amides is 1. The first-order valence-corrected chi connectivity index (χ1v) is 6.25. The molecule has 0 spiro atoms. The van der Waals surface area contributed by atoms with E-state index in [9.17, 15) is 9.90 Å². The van der Waals surface area contributed by atoms with Gasteiger partial charge in [-0.3, -0.25) is 4.79 Å². The van der Waals surface area contributed by atoms with Crippen LogP contribution < -0.4 is 0 Å². The maximum atomic E-state index is 12.2. The van der Waals surface area contributed by atoms with Crippen LogP contribution in [0.4, 0.5) is 0 Å². The second-order valence-electron chi connectivity index (χ2n) is 4.18. The molecule has 0 saturated heterocycles. The molecule has 0 aliphatic heterocycles. The maximum Gasteiger partial charge on any atom is 0.254 e. The third-order valence-corrected chi connectivity index (χ3v) is 2.80. The Morgan fingerprint density at radius 2 is 1.94 bits per heavy atom. The Balaban J connectivity index is 2.80. The standard InChI is InChI=1S/C13H18ClNO2/c1-10(2)15(9-3-8-14)13(17)11-4-6-12(16)7-5-11/h4-7,10,16H,3,8-9H2,1-2H3. The van der Waals surface area contributed by atoms with Crippen LogP contribution in [-0.2, 0) is 0 Å². The number of phenolic OH excluding ortho intramolecular Hbond substituents is 1. The van der Waals surface area contributed by atoms with Gasteiger partial charge in [-0.2, -0.15) is 0 Å². The minimum atomic E-state index is -0.0230. The van der Waals surface area contributed by atoms with Crippen molar-refractivity contribution in [2.24, 2.45) is 0 Å². The minimum absolute atomic E-state index is 0.0230. The quantitative estimate of drug-likeness (QED) is 0.822. The number of carbonyl (C=O) groups excluding carboxylic acids is 1. The van der Waals surface area contributed by atoms with Crippen LogP contribution in [0.1, 0.15) is 30.6 Å². The molecule has 0 aromatic heterocycles. The van der Waals surface area contributed by atoms with Gasteiger partial charge in [0.2, 0.25) is 0 Å². The van der Waals surface area contributed by atoms with Gasteiger partial charge in [0.1, 0.15) is 5.75 Å². The highest BCUT2D eigenvalue weighted by Gasteiger charge is 2.17. The van der Waals surface area contributed by atoms with Crippen LogP contribution in [0.5, 0.6) is 5.75 Å². The summed E-state index contributed by atoms with van der Waals surface area (Å²) in [4.78, 5) is 14.0. The van der Waals surface area contributed by atoms with Gasteiger partial charge in [-0.15, -0.1) is 11.6 Å². The summed E-state index contributed by atoms with van der Waals surface area (Å²) in [5.41, 5.74) is 0.589. The molecule has 0 fully saturated rings. The predicted molar refractivity (Wildman–Crippen MR) is 69.6 cm³/mol. The van der Waals surface area contributed by atoms with Gasteiger partial charge >= 0.3 is 0 Å². The van der Waals surface area contributed by atoms with Crippen LogP contribution in [0.3, 0.4) is 0 Å². The third kappa shape index (κ3) is 3.93. The summed E-state index contributed by atoms with van der Waals surface area (Å²) in [5, 5.41) is 9.19. The lowest BCUT2D eigenvalue weighted by molar-refractivity contribution is 0.0706. The first kappa shape index (κ1) is 13.8. The van der Waals surface area contributed by atoms with Gasteiger partial charge in [0.05, 0.1) is 0 Å². The molecule has 0 radical (unpaired) electrons. The molecule has 17 heavy (non-hydrogen) atoms. The van der Waals surface area contributed by atoms with Gasteiger partial charge in [0.15, 0.2) is 0 Å². The average molecular weight is 256 g/mol. The molecule has 0 bridgehead atoms. The van der Waals surface area contributed by atoms with E-state index in [1.165, 1.54) is 12.1 Å². The number of rotatable bonds is 5. The third-order valence-electron chi connectivity index (χ3n) is 2.53. The van der Waals surface area contributed by atoms with Crippen molar-refractivity contribution in [3.05, 3.63) is 29.8 Å². The Morgan fingerprint density at radius 1 is 1.35 bits per heavy atom. The summed E-state index contributed by atoms with van der Waals surface area (Å²) in [6.07, 6.45) is 0.781. The summed E-state index contributed by atoms with van der Waals surface area (Å²) < 4.78 is 0. The summed E-state index contributed by atoms with van der Waals surface area (Å²) in [5.74, 6) is 0.690. The fraction of sp³-hybridized carbons (Fsp3) is 0.462. The zero-order valence-electron chi connectivity index (χ0n) is 10.2. The van der Waals surface area contributed by atoms with E-state index in [0.717, 1.165) is 6.42 Å². The molecule has 0 atom stereocenters. The van der Waals surface area contributed by atoms with Gasteiger partial charge in [-0.25, -0.2) is 0 Å². The van der Waals surface area contributed by atoms with Gasteiger partial charge in [-0.1, -0.05) is 0 Å². The molecule has 94 valence electrons. The predicted octanol–water partition coefficient (Wildman–Crippen LogP) is 2.87. The summed E-state index contributed by atoms with van der Waals surface area (Å²) in [7, 11) is 0. The largest absolute Gasteiger partial charge is 0.508 e. The average Bonchev–Trinajstić information content (AvgIpc) is 2.29. The highest BCUT2D eigenvalue weighted by molar-refractivity contribution is 6.17. The number of halogens is 1. The Kier molecular flexibility index (Phi) is 5.29. The van der Waals surface area contributed by atoms with Crippen molar-refractivity contribution in [2.75, 3.05) is 12.4 Å². The molecule has 4 heteroatoms. The van der Waals surface area contributed by atoms with E-state index in [0.29, 0.717) is 18.0 Å². The van der Waals surface area contributed by atoms with E-state index in [1.54, 1.807) is 17.0 Å².